The van der Waals surface area contributed by atoms with Crippen LogP contribution in [0.2, 0.25) is 5.02 Å². The van der Waals surface area contributed by atoms with Gasteiger partial charge in [0.15, 0.2) is 0 Å². The molecule has 2 aromatic rings. The van der Waals surface area contributed by atoms with Crippen molar-refractivity contribution < 1.29 is 20.1 Å². The van der Waals surface area contributed by atoms with Crippen molar-refractivity contribution in [2.45, 2.75) is 37.6 Å². The van der Waals surface area contributed by atoms with Gasteiger partial charge in [-0.2, -0.15) is 5.26 Å². The Bertz CT molecular complexity index is 932. The predicted octanol–water partition coefficient (Wildman–Crippen LogP) is 2.64. The van der Waals surface area contributed by atoms with Crippen LogP contribution in [0.5, 0.6) is 11.8 Å². The molecule has 0 radical (unpaired) electrons. The highest BCUT2D eigenvalue weighted by molar-refractivity contribution is 6.31. The number of aliphatic hydroxyl groups is 1. The van der Waals surface area contributed by atoms with Crippen molar-refractivity contribution in [1.82, 2.24) is 4.57 Å². The van der Waals surface area contributed by atoms with Crippen molar-refractivity contribution in [3.05, 3.63) is 39.9 Å². The largest absolute Gasteiger partial charge is 0.494 e. The summed E-state index contributed by atoms with van der Waals surface area (Å²) in [6.45, 7) is 3.48. The van der Waals surface area contributed by atoms with Crippen molar-refractivity contribution >= 4 is 11.6 Å². The van der Waals surface area contributed by atoms with Gasteiger partial charge in [0.25, 0.3) is 0 Å². The van der Waals surface area contributed by atoms with Crippen molar-refractivity contribution in [1.29, 1.82) is 5.26 Å². The van der Waals surface area contributed by atoms with E-state index < -0.39 is 17.3 Å². The number of benzene rings is 1. The molecule has 124 valence electrons. The fourth-order valence-electron chi connectivity index (χ4n) is 4.01. The minimum absolute atomic E-state index is 0.151. The molecule has 0 aliphatic carbocycles. The predicted molar refractivity (Wildman–Crippen MR) is 85.2 cm³/mol. The lowest BCUT2D eigenvalue weighted by Gasteiger charge is -2.25. The first-order chi connectivity index (χ1) is 11.2. The van der Waals surface area contributed by atoms with Crippen LogP contribution in [0.3, 0.4) is 0 Å². The smallest absolute Gasteiger partial charge is 0.205 e. The van der Waals surface area contributed by atoms with E-state index >= 15 is 0 Å². The van der Waals surface area contributed by atoms with Crippen molar-refractivity contribution in [3.63, 3.8) is 0 Å². The van der Waals surface area contributed by atoms with Gasteiger partial charge in [-0.1, -0.05) is 11.6 Å². The number of hydrogen-bond acceptors (Lipinski definition) is 5. The number of ether oxygens (including phenoxy) is 1. The third kappa shape index (κ3) is 1.62. The lowest BCUT2D eigenvalue weighted by Crippen LogP contribution is -2.32. The number of fused-ring (bicyclic) bond motifs is 5. The van der Waals surface area contributed by atoms with E-state index in [1.165, 1.54) is 16.7 Å². The average Bonchev–Trinajstić information content (AvgIpc) is 3.01. The fraction of sp³-hybridized carbons (Fsp3) is 0.353. The quantitative estimate of drug-likeness (QED) is 0.737. The Morgan fingerprint density at radius 2 is 1.96 bits per heavy atom. The summed E-state index contributed by atoms with van der Waals surface area (Å²) in [4.78, 5) is 0. The van der Waals surface area contributed by atoms with Crippen LogP contribution in [0.25, 0.3) is 5.69 Å². The van der Waals surface area contributed by atoms with Gasteiger partial charge in [0.05, 0.1) is 39.1 Å². The highest BCUT2D eigenvalue weighted by atomic mass is 35.5. The number of nitriles is 1. The molecule has 0 amide bonds. The van der Waals surface area contributed by atoms with Gasteiger partial charge in [-0.3, -0.25) is 4.57 Å². The molecule has 7 heteroatoms. The molecule has 3 N–H and O–H groups in total. The normalized spacial score (nSPS) is 30.4. The molecule has 3 heterocycles. The van der Waals surface area contributed by atoms with Gasteiger partial charge in [-0.25, -0.2) is 0 Å². The Hall–Kier alpha value is -2.20. The van der Waals surface area contributed by atoms with Gasteiger partial charge in [0.2, 0.25) is 11.8 Å². The summed E-state index contributed by atoms with van der Waals surface area (Å²) in [6, 6.07) is 6.57. The summed E-state index contributed by atoms with van der Waals surface area (Å²) in [5.74, 6) is -0.352. The maximum absolute atomic E-state index is 10.7. The number of aromatic nitrogens is 1. The molecular weight excluding hydrogens is 332 g/mol. The molecule has 24 heavy (non-hydrogen) atoms. The lowest BCUT2D eigenvalue weighted by atomic mass is 9.78. The van der Waals surface area contributed by atoms with Gasteiger partial charge in [0.1, 0.15) is 11.7 Å². The van der Waals surface area contributed by atoms with Crippen molar-refractivity contribution in [2.24, 2.45) is 0 Å². The molecule has 6 nitrogen and oxygen atoms in total. The topological polar surface area (TPSA) is 98.6 Å². The molecule has 0 saturated carbocycles. The molecule has 4 rings (SSSR count). The van der Waals surface area contributed by atoms with Crippen LogP contribution in [-0.2, 0) is 15.9 Å². The van der Waals surface area contributed by atoms with E-state index in [-0.39, 0.29) is 16.8 Å². The van der Waals surface area contributed by atoms with E-state index in [1.807, 2.05) is 6.07 Å². The molecule has 1 fully saturated rings. The molecule has 1 aromatic carbocycles. The maximum Gasteiger partial charge on any atom is 0.205 e. The summed E-state index contributed by atoms with van der Waals surface area (Å²) in [6.07, 6.45) is -0.442. The van der Waals surface area contributed by atoms with Crippen LogP contribution >= 0.6 is 11.6 Å². The zero-order valence-electron chi connectivity index (χ0n) is 13.0. The number of hydrogen-bond donors (Lipinski definition) is 3. The SMILES string of the molecule is C[C@@]12O[C@@](C)(C[C@H]1O)c1c2c(O)n(-c2ccc(C#N)c(Cl)c2)c1O. The Balaban J connectivity index is 1.98. The van der Waals surface area contributed by atoms with Gasteiger partial charge < -0.3 is 20.1 Å². The van der Waals surface area contributed by atoms with Crippen molar-refractivity contribution in [3.8, 4) is 23.5 Å². The number of aromatic hydroxyl groups is 2. The van der Waals surface area contributed by atoms with Crippen LogP contribution < -0.4 is 0 Å². The molecule has 2 bridgehead atoms. The number of nitrogens with zero attached hydrogens (tertiary/aromatic N) is 2. The Labute approximate surface area is 143 Å². The zero-order chi connectivity index (χ0) is 17.4. The van der Waals surface area contributed by atoms with E-state index in [0.29, 0.717) is 28.8 Å². The van der Waals surface area contributed by atoms with Crippen LogP contribution in [0, 0.1) is 11.3 Å². The van der Waals surface area contributed by atoms with Gasteiger partial charge >= 0.3 is 0 Å². The summed E-state index contributed by atoms with van der Waals surface area (Å²) in [7, 11) is 0. The summed E-state index contributed by atoms with van der Waals surface area (Å²) in [5, 5.41) is 41.0. The zero-order valence-corrected chi connectivity index (χ0v) is 13.8. The standard InChI is InChI=1S/C17H15ClN2O4/c1-16-6-11(21)17(2,24-16)13-12(16)14(22)20(15(13)23)9-4-3-8(7-19)10(18)5-9/h3-5,11,21-23H,6H2,1-2H3/t11-,16+,17-/m1/s1. The Morgan fingerprint density at radius 3 is 2.58 bits per heavy atom. The lowest BCUT2D eigenvalue weighted by molar-refractivity contribution is -0.0936. The first-order valence-electron chi connectivity index (χ1n) is 7.49. The Morgan fingerprint density at radius 1 is 1.29 bits per heavy atom. The summed E-state index contributed by atoms with van der Waals surface area (Å²) in [5.41, 5.74) is -0.351. The van der Waals surface area contributed by atoms with Gasteiger partial charge in [0, 0.05) is 6.42 Å². The summed E-state index contributed by atoms with van der Waals surface area (Å²) >= 11 is 6.06. The fourth-order valence-corrected chi connectivity index (χ4v) is 4.23. The average molecular weight is 347 g/mol. The maximum atomic E-state index is 10.7. The third-order valence-electron chi connectivity index (χ3n) is 5.13. The van der Waals surface area contributed by atoms with E-state index in [9.17, 15) is 15.3 Å². The monoisotopic (exact) mass is 346 g/mol. The molecule has 2 aliphatic heterocycles. The van der Waals surface area contributed by atoms with Crippen LogP contribution in [0.15, 0.2) is 18.2 Å². The van der Waals surface area contributed by atoms with Gasteiger partial charge in [-0.15, -0.1) is 0 Å². The first kappa shape index (κ1) is 15.3. The minimum Gasteiger partial charge on any atom is -0.494 e. The molecule has 2 aliphatic rings. The molecule has 3 atom stereocenters. The minimum atomic E-state index is -1.08. The summed E-state index contributed by atoms with van der Waals surface area (Å²) < 4.78 is 7.19. The van der Waals surface area contributed by atoms with Crippen molar-refractivity contribution in [2.75, 3.05) is 0 Å². The highest BCUT2D eigenvalue weighted by Gasteiger charge is 2.64. The van der Waals surface area contributed by atoms with Gasteiger partial charge in [-0.05, 0) is 32.0 Å². The second-order valence-corrected chi connectivity index (χ2v) is 7.08. The molecule has 1 saturated heterocycles. The second-order valence-electron chi connectivity index (χ2n) is 6.67. The highest BCUT2D eigenvalue weighted by Crippen LogP contribution is 2.64. The van der Waals surface area contributed by atoms with E-state index in [0.717, 1.165) is 0 Å². The van der Waals surface area contributed by atoms with Crippen LogP contribution in [0.4, 0.5) is 0 Å². The van der Waals surface area contributed by atoms with E-state index in [2.05, 4.69) is 0 Å². The first-order valence-corrected chi connectivity index (χ1v) is 7.86. The number of aliphatic hydroxyl groups excluding tert-OH is 1. The molecule has 1 aromatic heterocycles. The second kappa shape index (κ2) is 4.45. The molecule has 0 spiro atoms. The molecular formula is C17H15ClN2O4. The van der Waals surface area contributed by atoms with E-state index in [4.69, 9.17) is 21.6 Å². The van der Waals surface area contributed by atoms with E-state index in [1.54, 1.807) is 19.9 Å². The number of rotatable bonds is 1. The number of halogens is 1. The molecule has 0 unspecified atom stereocenters. The van der Waals surface area contributed by atoms with Crippen LogP contribution in [-0.4, -0.2) is 26.0 Å². The third-order valence-corrected chi connectivity index (χ3v) is 5.45. The van der Waals surface area contributed by atoms with Crippen LogP contribution in [0.1, 0.15) is 37.0 Å². The Kier molecular flexibility index (Phi) is 2.84.